The third-order valence-corrected chi connectivity index (χ3v) is 11.4. The fourth-order valence-electron chi connectivity index (χ4n) is 7.87. The number of carbonyl (C=O) groups is 2. The molecule has 3 atom stereocenters. The highest BCUT2D eigenvalue weighted by Crippen LogP contribution is 2.45. The number of halogens is 2. The van der Waals surface area contributed by atoms with Crippen LogP contribution in [0.1, 0.15) is 66.9 Å². The molecular weight excluding hydrogens is 729 g/mol. The van der Waals surface area contributed by atoms with Crippen molar-refractivity contribution in [1.82, 2.24) is 25.5 Å². The van der Waals surface area contributed by atoms with Crippen molar-refractivity contribution in [2.45, 2.75) is 70.2 Å². The number of hydrogen-bond acceptors (Lipinski definition) is 9. The summed E-state index contributed by atoms with van der Waals surface area (Å²) in [6, 6.07) is 18.1. The molecule has 11 nitrogen and oxygen atoms in total. The summed E-state index contributed by atoms with van der Waals surface area (Å²) >= 11 is 14.0. The molecule has 0 saturated carbocycles. The van der Waals surface area contributed by atoms with Crippen LogP contribution in [0.3, 0.4) is 0 Å². The van der Waals surface area contributed by atoms with Crippen LogP contribution < -0.4 is 24.8 Å². The highest BCUT2D eigenvalue weighted by atomic mass is 35.5. The van der Waals surface area contributed by atoms with Crippen molar-refractivity contribution in [3.63, 3.8) is 0 Å². The Labute approximate surface area is 325 Å². The normalized spacial score (nSPS) is 19.9. The smallest absolute Gasteiger partial charge is 0.306 e. The number of aliphatic carboxylic acids is 1. The monoisotopic (exact) mass is 773 g/mol. The number of nitrogens with zero attached hydrogens (tertiary/aromatic N) is 3. The highest BCUT2D eigenvalue weighted by molar-refractivity contribution is 6.36. The van der Waals surface area contributed by atoms with E-state index >= 15 is 0 Å². The summed E-state index contributed by atoms with van der Waals surface area (Å²) in [7, 11) is 3.19. The summed E-state index contributed by atoms with van der Waals surface area (Å²) in [5.74, 6) is 0.338. The number of aromatic nitrogens is 2. The molecule has 2 saturated heterocycles. The maximum atomic E-state index is 11.5. The molecule has 0 radical (unpaired) electrons. The lowest BCUT2D eigenvalue weighted by Gasteiger charge is -2.22. The van der Waals surface area contributed by atoms with Crippen LogP contribution in [0, 0.1) is 5.92 Å². The number of benzene rings is 2. The predicted molar refractivity (Wildman–Crippen MR) is 207 cm³/mol. The molecule has 4 heterocycles. The van der Waals surface area contributed by atoms with E-state index in [0.717, 1.165) is 71.2 Å². The first-order chi connectivity index (χ1) is 26.2. The maximum Gasteiger partial charge on any atom is 0.306 e. The number of amides is 1. The van der Waals surface area contributed by atoms with Gasteiger partial charge in [-0.2, -0.15) is 4.98 Å². The first-order valence-electron chi connectivity index (χ1n) is 18.5. The fourth-order valence-corrected chi connectivity index (χ4v) is 8.42. The average Bonchev–Trinajstić information content (AvgIpc) is 3.70. The Morgan fingerprint density at radius 1 is 0.907 bits per heavy atom. The van der Waals surface area contributed by atoms with Crippen molar-refractivity contribution < 1.29 is 28.9 Å². The van der Waals surface area contributed by atoms with E-state index in [1.807, 2.05) is 42.5 Å². The molecule has 2 aliphatic heterocycles. The lowest BCUT2D eigenvalue weighted by Crippen LogP contribution is -2.35. The van der Waals surface area contributed by atoms with Gasteiger partial charge in [0.05, 0.1) is 30.9 Å². The van der Waals surface area contributed by atoms with E-state index in [-0.39, 0.29) is 24.0 Å². The molecule has 0 bridgehead atoms. The van der Waals surface area contributed by atoms with Gasteiger partial charge in [-0.25, -0.2) is 4.98 Å². The van der Waals surface area contributed by atoms with E-state index in [9.17, 15) is 14.7 Å². The average molecular weight is 775 g/mol. The summed E-state index contributed by atoms with van der Waals surface area (Å²) in [5, 5.41) is 16.9. The van der Waals surface area contributed by atoms with Crippen molar-refractivity contribution in [1.29, 1.82) is 0 Å². The van der Waals surface area contributed by atoms with Crippen LogP contribution in [0.25, 0.3) is 22.4 Å². The number of methoxy groups -OCH3 is 2. The summed E-state index contributed by atoms with van der Waals surface area (Å²) in [4.78, 5) is 34.8. The molecule has 13 heteroatoms. The van der Waals surface area contributed by atoms with Crippen LogP contribution in [0.5, 0.6) is 17.6 Å². The second-order valence-corrected chi connectivity index (χ2v) is 15.0. The lowest BCUT2D eigenvalue weighted by atomic mass is 9.94. The molecule has 1 amide bonds. The number of likely N-dealkylation sites (tertiary alicyclic amines) is 1. The summed E-state index contributed by atoms with van der Waals surface area (Å²) in [5.41, 5.74) is 7.41. The largest absolute Gasteiger partial charge is 0.481 e. The summed E-state index contributed by atoms with van der Waals surface area (Å²) < 4.78 is 17.9. The van der Waals surface area contributed by atoms with E-state index in [1.165, 1.54) is 0 Å². The Morgan fingerprint density at radius 2 is 1.69 bits per heavy atom. The minimum Gasteiger partial charge on any atom is -0.481 e. The van der Waals surface area contributed by atoms with Gasteiger partial charge in [-0.1, -0.05) is 65.7 Å². The van der Waals surface area contributed by atoms with Crippen LogP contribution in [-0.4, -0.2) is 71.7 Å². The van der Waals surface area contributed by atoms with Gasteiger partial charge in [-0.05, 0) is 80.4 Å². The van der Waals surface area contributed by atoms with Crippen molar-refractivity contribution >= 4 is 35.1 Å². The summed E-state index contributed by atoms with van der Waals surface area (Å²) in [6.07, 6.45) is 4.78. The third-order valence-electron chi connectivity index (χ3n) is 10.7. The number of ether oxygens (including phenoxy) is 3. The van der Waals surface area contributed by atoms with E-state index in [0.29, 0.717) is 78.8 Å². The summed E-state index contributed by atoms with van der Waals surface area (Å²) in [6.45, 7) is 3.28. The second kappa shape index (κ2) is 16.9. The molecule has 3 aliphatic rings. The molecule has 2 aromatic carbocycles. The van der Waals surface area contributed by atoms with E-state index in [1.54, 1.807) is 14.2 Å². The van der Waals surface area contributed by atoms with Gasteiger partial charge >= 0.3 is 5.97 Å². The minimum absolute atomic E-state index is 0.100. The Kier molecular flexibility index (Phi) is 11.9. The number of rotatable bonds is 13. The van der Waals surface area contributed by atoms with Gasteiger partial charge in [0.25, 0.3) is 0 Å². The highest BCUT2D eigenvalue weighted by Gasteiger charge is 2.30. The van der Waals surface area contributed by atoms with Crippen molar-refractivity contribution in [2.24, 2.45) is 5.92 Å². The predicted octanol–water partition coefficient (Wildman–Crippen LogP) is 7.26. The quantitative estimate of drug-likeness (QED) is 0.128. The molecule has 2 fully saturated rings. The fraction of sp³-hybridized carbons (Fsp3) is 0.415. The number of hydrogen-bond donors (Lipinski definition) is 3. The number of carbonyl (C=O) groups excluding carboxylic acids is 1. The Bertz CT molecular complexity index is 2030. The number of fused-ring (bicyclic) bond motifs is 1. The van der Waals surface area contributed by atoms with Gasteiger partial charge < -0.3 is 30.0 Å². The zero-order chi connectivity index (χ0) is 37.8. The molecule has 2 aromatic heterocycles. The first kappa shape index (κ1) is 37.9. The molecule has 54 heavy (non-hydrogen) atoms. The van der Waals surface area contributed by atoms with Gasteiger partial charge in [0.15, 0.2) is 0 Å². The molecule has 3 N–H and O–H groups in total. The standard InChI is InChI=1S/C41H45Cl2N5O6/c1-52-38-25(21-44-22-27-12-16-36(49)45-27)11-14-34(46-38)32-10-4-9-31(37(32)43)28-7-3-8-30-29(28)13-15-35(30)54-40-33(42)20-26(39(47-40)53-2)23-48-18-5-6-24(17-19-48)41(50)51/h3-4,7-11,14,20,24,27,35,44H,5-6,12-13,15-19,21-23H2,1-2H3,(H,45,49)(H,50,51)/t24?,27-,35-/m0/s1. The topological polar surface area (TPSA) is 135 Å². The first-order valence-corrected chi connectivity index (χ1v) is 19.3. The van der Waals surface area contributed by atoms with Crippen molar-refractivity contribution in [2.75, 3.05) is 33.9 Å². The molecule has 4 aromatic rings. The van der Waals surface area contributed by atoms with Gasteiger partial charge in [0, 0.05) is 54.4 Å². The number of pyridine rings is 2. The SMILES string of the molecule is COc1nc(-c2cccc(-c3cccc4c3CC[C@@H]4Oc3nc(OC)c(CN4CCCC(C(=O)O)CC4)cc3Cl)c2Cl)ccc1CNC[C@@H]1CCC(=O)N1. The maximum absolute atomic E-state index is 11.5. The molecule has 7 rings (SSSR count). The number of nitrogens with one attached hydrogen (secondary N) is 2. The molecule has 284 valence electrons. The Hall–Kier alpha value is -4.42. The second-order valence-electron chi connectivity index (χ2n) is 14.2. The Morgan fingerprint density at radius 3 is 2.46 bits per heavy atom. The number of carboxylic acid groups (broad SMARTS) is 1. The van der Waals surface area contributed by atoms with Crippen LogP contribution >= 0.6 is 23.2 Å². The number of carboxylic acids is 1. The van der Waals surface area contributed by atoms with E-state index in [4.69, 9.17) is 47.4 Å². The molecule has 1 aliphatic carbocycles. The lowest BCUT2D eigenvalue weighted by molar-refractivity contribution is -0.142. The van der Waals surface area contributed by atoms with Crippen LogP contribution in [0.4, 0.5) is 0 Å². The van der Waals surface area contributed by atoms with Crippen LogP contribution in [0.2, 0.25) is 10.0 Å². The third kappa shape index (κ3) is 8.29. The Balaban J connectivity index is 1.07. The van der Waals surface area contributed by atoms with Gasteiger partial charge in [-0.15, -0.1) is 0 Å². The van der Waals surface area contributed by atoms with E-state index < -0.39 is 5.97 Å². The molecule has 0 spiro atoms. The van der Waals surface area contributed by atoms with Gasteiger partial charge in [0.2, 0.25) is 23.5 Å². The van der Waals surface area contributed by atoms with Gasteiger partial charge in [0.1, 0.15) is 11.1 Å². The molecule has 1 unspecified atom stereocenters. The van der Waals surface area contributed by atoms with Gasteiger partial charge in [-0.3, -0.25) is 14.5 Å². The van der Waals surface area contributed by atoms with Crippen LogP contribution in [0.15, 0.2) is 54.6 Å². The molecular formula is C41H45Cl2N5O6. The zero-order valence-electron chi connectivity index (χ0n) is 30.5. The van der Waals surface area contributed by atoms with Crippen LogP contribution in [-0.2, 0) is 29.1 Å². The van der Waals surface area contributed by atoms with Crippen molar-refractivity contribution in [3.8, 4) is 40.0 Å². The zero-order valence-corrected chi connectivity index (χ0v) is 32.0. The minimum atomic E-state index is -0.726. The van der Waals surface area contributed by atoms with Crippen molar-refractivity contribution in [3.05, 3.63) is 86.9 Å². The van der Waals surface area contributed by atoms with E-state index in [2.05, 4.69) is 27.7 Å².